The van der Waals surface area contributed by atoms with E-state index < -0.39 is 11.6 Å². The van der Waals surface area contributed by atoms with Gasteiger partial charge in [-0.15, -0.1) is 0 Å². The van der Waals surface area contributed by atoms with Crippen molar-refractivity contribution in [2.24, 2.45) is 0 Å². The van der Waals surface area contributed by atoms with Crippen molar-refractivity contribution in [1.82, 2.24) is 4.98 Å². The maximum atomic E-state index is 13.8. The number of nitrogens with one attached hydrogen (secondary N) is 1. The first-order valence-electron chi connectivity index (χ1n) is 5.97. The molecule has 1 aliphatic rings. The molecule has 1 heterocycles. The number of halogens is 2. The van der Waals surface area contributed by atoms with Crippen LogP contribution in [0.5, 0.6) is 0 Å². The molecule has 18 heavy (non-hydrogen) atoms. The fraction of sp³-hybridized carbons (Fsp3) is 0.286. The Hall–Kier alpha value is -1.68. The van der Waals surface area contributed by atoms with Gasteiger partial charge in [0.1, 0.15) is 11.6 Å². The van der Waals surface area contributed by atoms with Crippen LogP contribution in [0.4, 0.5) is 8.78 Å². The Morgan fingerprint density at radius 3 is 2.67 bits per heavy atom. The average Bonchev–Trinajstić information content (AvgIpc) is 3.09. The van der Waals surface area contributed by atoms with Crippen LogP contribution in [-0.4, -0.2) is 10.1 Å². The molecule has 1 saturated carbocycles. The number of rotatable bonds is 3. The third kappa shape index (κ3) is 1.82. The van der Waals surface area contributed by atoms with E-state index in [1.165, 1.54) is 12.1 Å². The Bertz CT molecular complexity index is 587. The van der Waals surface area contributed by atoms with Crippen LogP contribution in [-0.2, 0) is 6.61 Å². The lowest BCUT2D eigenvalue weighted by Crippen LogP contribution is -1.92. The maximum absolute atomic E-state index is 13.8. The number of aromatic amines is 1. The number of H-pyrrole nitrogens is 1. The van der Waals surface area contributed by atoms with E-state index in [1.807, 2.05) is 0 Å². The first-order valence-corrected chi connectivity index (χ1v) is 5.97. The summed E-state index contributed by atoms with van der Waals surface area (Å²) >= 11 is 0. The van der Waals surface area contributed by atoms with Crippen molar-refractivity contribution in [2.75, 3.05) is 0 Å². The minimum Gasteiger partial charge on any atom is -0.392 e. The Labute approximate surface area is 103 Å². The summed E-state index contributed by atoms with van der Waals surface area (Å²) in [4.78, 5) is 3.00. The number of aromatic nitrogens is 1. The normalized spacial score (nSPS) is 15.1. The van der Waals surface area contributed by atoms with Crippen molar-refractivity contribution in [3.05, 3.63) is 47.2 Å². The van der Waals surface area contributed by atoms with Crippen molar-refractivity contribution in [3.63, 3.8) is 0 Å². The van der Waals surface area contributed by atoms with Crippen molar-refractivity contribution < 1.29 is 13.9 Å². The van der Waals surface area contributed by atoms with E-state index in [1.54, 1.807) is 6.20 Å². The highest BCUT2D eigenvalue weighted by molar-refractivity contribution is 5.67. The van der Waals surface area contributed by atoms with Crippen molar-refractivity contribution in [1.29, 1.82) is 0 Å². The highest BCUT2D eigenvalue weighted by Crippen LogP contribution is 2.46. The van der Waals surface area contributed by atoms with Crippen molar-refractivity contribution in [2.45, 2.75) is 25.4 Å². The van der Waals surface area contributed by atoms with E-state index in [9.17, 15) is 13.9 Å². The predicted molar refractivity (Wildman–Crippen MR) is 64.0 cm³/mol. The van der Waals surface area contributed by atoms with Gasteiger partial charge in [-0.25, -0.2) is 8.78 Å². The van der Waals surface area contributed by atoms with Gasteiger partial charge in [-0.3, -0.25) is 0 Å². The molecule has 1 aliphatic carbocycles. The minimum atomic E-state index is -0.585. The van der Waals surface area contributed by atoms with E-state index in [0.717, 1.165) is 30.0 Å². The molecule has 0 aliphatic heterocycles. The molecule has 0 saturated heterocycles. The van der Waals surface area contributed by atoms with Gasteiger partial charge in [0, 0.05) is 17.8 Å². The summed E-state index contributed by atoms with van der Waals surface area (Å²) in [5, 5.41) is 9.30. The smallest absolute Gasteiger partial charge is 0.135 e. The number of hydrogen-bond acceptors (Lipinski definition) is 1. The van der Waals surface area contributed by atoms with Gasteiger partial charge in [-0.05, 0) is 42.0 Å². The summed E-state index contributed by atoms with van der Waals surface area (Å²) in [7, 11) is 0. The topological polar surface area (TPSA) is 36.0 Å². The molecule has 0 bridgehead atoms. The zero-order chi connectivity index (χ0) is 12.7. The van der Waals surface area contributed by atoms with Gasteiger partial charge in [0.05, 0.1) is 12.3 Å². The third-order valence-electron chi connectivity index (χ3n) is 3.36. The highest BCUT2D eigenvalue weighted by atomic mass is 19.1. The van der Waals surface area contributed by atoms with Crippen LogP contribution in [0.25, 0.3) is 11.3 Å². The summed E-state index contributed by atoms with van der Waals surface area (Å²) in [5.74, 6) is -0.778. The molecule has 0 unspecified atom stereocenters. The van der Waals surface area contributed by atoms with Gasteiger partial charge >= 0.3 is 0 Å². The molecular weight excluding hydrogens is 236 g/mol. The van der Waals surface area contributed by atoms with Crippen LogP contribution in [0.3, 0.4) is 0 Å². The molecule has 3 rings (SSSR count). The van der Waals surface area contributed by atoms with E-state index in [2.05, 4.69) is 4.98 Å². The number of benzene rings is 1. The first kappa shape index (κ1) is 11.4. The Balaban J connectivity index is 2.13. The highest BCUT2D eigenvalue weighted by Gasteiger charge is 2.30. The van der Waals surface area contributed by atoms with Gasteiger partial charge in [-0.1, -0.05) is 0 Å². The van der Waals surface area contributed by atoms with Gasteiger partial charge in [0.15, 0.2) is 0 Å². The van der Waals surface area contributed by atoms with Gasteiger partial charge in [-0.2, -0.15) is 0 Å². The second kappa shape index (κ2) is 4.21. The largest absolute Gasteiger partial charge is 0.392 e. The fourth-order valence-electron chi connectivity index (χ4n) is 2.36. The maximum Gasteiger partial charge on any atom is 0.135 e. The molecular formula is C14H13F2NO. The van der Waals surface area contributed by atoms with Crippen LogP contribution in [0.15, 0.2) is 24.4 Å². The molecule has 0 atom stereocenters. The number of aliphatic hydroxyl groups excluding tert-OH is 1. The standard InChI is InChI=1S/C14H13F2NO/c15-10-3-4-11(12(16)5-10)14-13(8-1-2-8)9(7-18)6-17-14/h3-6,8,17-18H,1-2,7H2. The monoisotopic (exact) mass is 249 g/mol. The molecule has 94 valence electrons. The number of aliphatic hydroxyl groups is 1. The second-order valence-corrected chi connectivity index (χ2v) is 4.66. The van der Waals surface area contributed by atoms with Crippen LogP contribution >= 0.6 is 0 Å². The molecule has 4 heteroatoms. The molecule has 2 aromatic rings. The van der Waals surface area contributed by atoms with Crippen LogP contribution in [0.2, 0.25) is 0 Å². The van der Waals surface area contributed by atoms with E-state index in [-0.39, 0.29) is 6.61 Å². The Morgan fingerprint density at radius 1 is 1.28 bits per heavy atom. The quantitative estimate of drug-likeness (QED) is 0.860. The van der Waals surface area contributed by atoms with Crippen LogP contribution < -0.4 is 0 Å². The Kier molecular flexibility index (Phi) is 2.67. The second-order valence-electron chi connectivity index (χ2n) is 4.66. The zero-order valence-electron chi connectivity index (χ0n) is 9.71. The predicted octanol–water partition coefficient (Wildman–Crippen LogP) is 3.33. The summed E-state index contributed by atoms with van der Waals surface area (Å²) in [6, 6.07) is 3.56. The zero-order valence-corrected chi connectivity index (χ0v) is 9.71. The minimum absolute atomic E-state index is 0.0643. The molecule has 0 amide bonds. The SMILES string of the molecule is OCc1c[nH]c(-c2ccc(F)cc2F)c1C1CC1. The molecule has 2 nitrogen and oxygen atoms in total. The molecule has 1 fully saturated rings. The summed E-state index contributed by atoms with van der Waals surface area (Å²) < 4.78 is 26.7. The van der Waals surface area contributed by atoms with Crippen LogP contribution in [0.1, 0.15) is 29.9 Å². The number of hydrogen-bond donors (Lipinski definition) is 2. The lowest BCUT2D eigenvalue weighted by molar-refractivity contribution is 0.281. The summed E-state index contributed by atoms with van der Waals surface area (Å²) in [6.07, 6.45) is 3.81. The average molecular weight is 249 g/mol. The van der Waals surface area contributed by atoms with Crippen molar-refractivity contribution in [3.8, 4) is 11.3 Å². The van der Waals surface area contributed by atoms with Crippen molar-refractivity contribution >= 4 is 0 Å². The third-order valence-corrected chi connectivity index (χ3v) is 3.36. The fourth-order valence-corrected chi connectivity index (χ4v) is 2.36. The van der Waals surface area contributed by atoms with Crippen LogP contribution in [0, 0.1) is 11.6 Å². The lowest BCUT2D eigenvalue weighted by atomic mass is 10.0. The molecule has 1 aromatic heterocycles. The Morgan fingerprint density at radius 2 is 2.06 bits per heavy atom. The van der Waals surface area contributed by atoms with E-state index >= 15 is 0 Å². The lowest BCUT2D eigenvalue weighted by Gasteiger charge is -2.06. The summed E-state index contributed by atoms with van der Waals surface area (Å²) in [5.41, 5.74) is 2.80. The summed E-state index contributed by atoms with van der Waals surface area (Å²) in [6.45, 7) is -0.0643. The van der Waals surface area contributed by atoms with Gasteiger partial charge < -0.3 is 10.1 Å². The molecule has 1 aromatic carbocycles. The molecule has 0 spiro atoms. The molecule has 2 N–H and O–H groups in total. The molecule has 0 radical (unpaired) electrons. The van der Waals surface area contributed by atoms with E-state index in [0.29, 0.717) is 17.2 Å². The van der Waals surface area contributed by atoms with Gasteiger partial charge in [0.2, 0.25) is 0 Å². The van der Waals surface area contributed by atoms with Gasteiger partial charge in [0.25, 0.3) is 0 Å². The van der Waals surface area contributed by atoms with E-state index in [4.69, 9.17) is 0 Å². The first-order chi connectivity index (χ1) is 8.70.